The van der Waals surface area contributed by atoms with Gasteiger partial charge in [0.05, 0.1) is 0 Å². The largest absolute Gasteiger partial charge is 0.357 e. The molecule has 0 radical (unpaired) electrons. The Labute approximate surface area is 161 Å². The molecular weight excluding hydrogens is 357 g/mol. The summed E-state index contributed by atoms with van der Waals surface area (Å²) in [6.45, 7) is 5.87. The standard InChI is InChI=1S/C21H20FN5O/c1-12-5-4-6-17(14(12)3)24-20-25-19(15-7-9-16(22)10-8-15)27-18(28)11-13(2)23-21(27)26-20/h4-11,19H,1-3H3,(H2,23,24,25,26)/p+1/t19-/m1/s1. The van der Waals surface area contributed by atoms with Crippen molar-refractivity contribution in [1.82, 2.24) is 9.55 Å². The second kappa shape index (κ2) is 6.92. The predicted octanol–water partition coefficient (Wildman–Crippen LogP) is 1.83. The van der Waals surface area contributed by atoms with Gasteiger partial charge in [-0.15, -0.1) is 0 Å². The number of halogens is 1. The smallest absolute Gasteiger partial charge is 0.269 e. The first-order valence-corrected chi connectivity index (χ1v) is 9.02. The molecule has 1 atom stereocenters. The molecule has 0 bridgehead atoms. The Morgan fingerprint density at radius 3 is 2.64 bits per heavy atom. The van der Waals surface area contributed by atoms with Crippen molar-refractivity contribution in [2.24, 2.45) is 0 Å². The maximum atomic E-state index is 13.4. The lowest BCUT2D eigenvalue weighted by Crippen LogP contribution is -2.82. The molecule has 0 saturated heterocycles. The first-order chi connectivity index (χ1) is 13.4. The average molecular weight is 378 g/mol. The number of aromatic nitrogens is 2. The number of rotatable bonds is 2. The van der Waals surface area contributed by atoms with E-state index in [0.717, 1.165) is 16.8 Å². The van der Waals surface area contributed by atoms with Crippen molar-refractivity contribution in [1.29, 1.82) is 0 Å². The van der Waals surface area contributed by atoms with Crippen LogP contribution in [0.4, 0.5) is 16.0 Å². The molecule has 0 saturated carbocycles. The van der Waals surface area contributed by atoms with Crippen molar-refractivity contribution in [3.05, 3.63) is 87.1 Å². The molecule has 0 spiro atoms. The van der Waals surface area contributed by atoms with Gasteiger partial charge in [-0.05, 0) is 50.1 Å². The van der Waals surface area contributed by atoms with Crippen molar-refractivity contribution in [3.8, 4) is 0 Å². The van der Waals surface area contributed by atoms with Crippen LogP contribution in [0.25, 0.3) is 0 Å². The minimum atomic E-state index is -0.523. The highest BCUT2D eigenvalue weighted by Crippen LogP contribution is 2.20. The van der Waals surface area contributed by atoms with Gasteiger partial charge in [0.2, 0.25) is 0 Å². The third kappa shape index (κ3) is 3.26. The molecule has 28 heavy (non-hydrogen) atoms. The SMILES string of the molecule is Cc1cc(=O)n2c(n1)NC(Nc1cccc(C)c1C)=[NH+][C@H]2c1ccc(F)cc1. The lowest BCUT2D eigenvalue weighted by Gasteiger charge is -2.23. The van der Waals surface area contributed by atoms with E-state index in [2.05, 4.69) is 20.6 Å². The van der Waals surface area contributed by atoms with E-state index in [4.69, 9.17) is 0 Å². The monoisotopic (exact) mass is 378 g/mol. The van der Waals surface area contributed by atoms with Crippen LogP contribution in [0, 0.1) is 26.6 Å². The molecule has 4 rings (SSSR count). The summed E-state index contributed by atoms with van der Waals surface area (Å²) in [5, 5.41) is 6.50. The highest BCUT2D eigenvalue weighted by Gasteiger charge is 2.29. The van der Waals surface area contributed by atoms with E-state index in [1.807, 2.05) is 32.0 Å². The second-order valence-electron chi connectivity index (χ2n) is 6.90. The topological polar surface area (TPSA) is 72.9 Å². The molecule has 2 heterocycles. The molecule has 1 aromatic heterocycles. The Hall–Kier alpha value is -3.48. The van der Waals surface area contributed by atoms with Crippen LogP contribution < -0.4 is 21.2 Å². The van der Waals surface area contributed by atoms with Crippen LogP contribution in [0.2, 0.25) is 0 Å². The number of fused-ring (bicyclic) bond motifs is 1. The maximum Gasteiger partial charge on any atom is 0.357 e. The van der Waals surface area contributed by atoms with Crippen LogP contribution in [0.15, 0.2) is 53.3 Å². The number of nitrogens with zero attached hydrogens (tertiary/aromatic N) is 2. The number of guanidine groups is 1. The van der Waals surface area contributed by atoms with Gasteiger partial charge in [-0.3, -0.25) is 9.79 Å². The summed E-state index contributed by atoms with van der Waals surface area (Å²) < 4.78 is 14.9. The highest BCUT2D eigenvalue weighted by molar-refractivity contribution is 5.99. The fourth-order valence-electron chi connectivity index (χ4n) is 3.26. The van der Waals surface area contributed by atoms with Gasteiger partial charge in [0.25, 0.3) is 11.5 Å². The number of anilines is 2. The van der Waals surface area contributed by atoms with Crippen LogP contribution in [-0.4, -0.2) is 15.5 Å². The van der Waals surface area contributed by atoms with E-state index in [-0.39, 0.29) is 11.4 Å². The van der Waals surface area contributed by atoms with Gasteiger partial charge in [-0.2, -0.15) is 0 Å². The summed E-state index contributed by atoms with van der Waals surface area (Å²) in [7, 11) is 0. The van der Waals surface area contributed by atoms with E-state index in [1.54, 1.807) is 19.1 Å². The maximum absolute atomic E-state index is 13.4. The Morgan fingerprint density at radius 2 is 1.89 bits per heavy atom. The molecule has 1 aliphatic heterocycles. The van der Waals surface area contributed by atoms with Crippen molar-refractivity contribution in [3.63, 3.8) is 0 Å². The lowest BCUT2D eigenvalue weighted by molar-refractivity contribution is -0.520. The van der Waals surface area contributed by atoms with Crippen molar-refractivity contribution >= 4 is 17.6 Å². The number of aryl methyl sites for hydroxylation is 2. The van der Waals surface area contributed by atoms with Crippen LogP contribution in [0.1, 0.15) is 28.6 Å². The summed E-state index contributed by atoms with van der Waals surface area (Å²) >= 11 is 0. The van der Waals surface area contributed by atoms with Gasteiger partial charge in [0.15, 0.2) is 6.17 Å². The Morgan fingerprint density at radius 1 is 1.14 bits per heavy atom. The molecule has 142 valence electrons. The first-order valence-electron chi connectivity index (χ1n) is 9.02. The van der Waals surface area contributed by atoms with E-state index in [1.165, 1.54) is 28.3 Å². The van der Waals surface area contributed by atoms with Gasteiger partial charge in [0.1, 0.15) is 11.5 Å². The third-order valence-electron chi connectivity index (χ3n) is 4.91. The van der Waals surface area contributed by atoms with Crippen molar-refractivity contribution in [2.75, 3.05) is 10.6 Å². The lowest BCUT2D eigenvalue weighted by atomic mass is 10.1. The Kier molecular flexibility index (Phi) is 4.43. The summed E-state index contributed by atoms with van der Waals surface area (Å²) in [4.78, 5) is 20.4. The van der Waals surface area contributed by atoms with Gasteiger partial charge in [-0.25, -0.2) is 24.6 Å². The van der Waals surface area contributed by atoms with Gasteiger partial charge >= 0.3 is 5.96 Å². The van der Waals surface area contributed by atoms with Crippen LogP contribution in [0.5, 0.6) is 0 Å². The normalized spacial score (nSPS) is 15.4. The minimum absolute atomic E-state index is 0.192. The average Bonchev–Trinajstić information content (AvgIpc) is 2.65. The number of hydrogen-bond acceptors (Lipinski definition) is 4. The zero-order valence-electron chi connectivity index (χ0n) is 15.9. The van der Waals surface area contributed by atoms with E-state index in [0.29, 0.717) is 17.6 Å². The van der Waals surface area contributed by atoms with E-state index >= 15 is 0 Å². The zero-order valence-corrected chi connectivity index (χ0v) is 15.9. The highest BCUT2D eigenvalue weighted by atomic mass is 19.1. The number of nitrogens with one attached hydrogen (secondary N) is 3. The molecular formula is C21H21FN5O+. The summed E-state index contributed by atoms with van der Waals surface area (Å²) in [6.07, 6.45) is -0.523. The van der Waals surface area contributed by atoms with Gasteiger partial charge < -0.3 is 0 Å². The summed E-state index contributed by atoms with van der Waals surface area (Å²) in [5.41, 5.74) is 4.41. The van der Waals surface area contributed by atoms with Crippen molar-refractivity contribution < 1.29 is 9.38 Å². The van der Waals surface area contributed by atoms with E-state index in [9.17, 15) is 9.18 Å². The second-order valence-corrected chi connectivity index (χ2v) is 6.90. The van der Waals surface area contributed by atoms with E-state index < -0.39 is 6.17 Å². The zero-order chi connectivity index (χ0) is 19.8. The molecule has 0 unspecified atom stereocenters. The molecule has 0 fully saturated rings. The molecule has 0 aliphatic carbocycles. The molecule has 3 N–H and O–H groups in total. The molecule has 6 nitrogen and oxygen atoms in total. The molecule has 3 aromatic rings. The third-order valence-corrected chi connectivity index (χ3v) is 4.91. The van der Waals surface area contributed by atoms with Crippen LogP contribution >= 0.6 is 0 Å². The van der Waals surface area contributed by atoms with Crippen LogP contribution in [0.3, 0.4) is 0 Å². The predicted molar refractivity (Wildman–Crippen MR) is 107 cm³/mol. The minimum Gasteiger partial charge on any atom is -0.269 e. The summed E-state index contributed by atoms with van der Waals surface area (Å²) in [5.74, 6) is 0.691. The molecule has 2 aromatic carbocycles. The number of hydrogen-bond donors (Lipinski definition) is 3. The summed E-state index contributed by atoms with van der Waals surface area (Å²) in [6, 6.07) is 13.6. The number of benzene rings is 2. The van der Waals surface area contributed by atoms with Crippen LogP contribution in [-0.2, 0) is 0 Å². The first kappa shape index (κ1) is 17.9. The quantitative estimate of drug-likeness (QED) is 0.636. The molecule has 7 heteroatoms. The molecule has 0 amide bonds. The van der Waals surface area contributed by atoms with Crippen molar-refractivity contribution in [2.45, 2.75) is 26.9 Å². The Balaban J connectivity index is 1.81. The fourth-order valence-corrected chi connectivity index (χ4v) is 3.26. The van der Waals surface area contributed by atoms with Gasteiger partial charge in [0, 0.05) is 17.3 Å². The Bertz CT molecular complexity index is 1130. The fraction of sp³-hybridized carbons (Fsp3) is 0.190. The molecule has 1 aliphatic rings. The van der Waals surface area contributed by atoms with Gasteiger partial charge in [-0.1, -0.05) is 24.3 Å².